The van der Waals surface area contributed by atoms with E-state index in [1.165, 1.54) is 12.1 Å². The van der Waals surface area contributed by atoms with Gasteiger partial charge in [0.1, 0.15) is 11.6 Å². The van der Waals surface area contributed by atoms with Gasteiger partial charge in [0, 0.05) is 23.8 Å². The largest absolute Gasteiger partial charge is 0.492 e. The number of benzene rings is 1. The summed E-state index contributed by atoms with van der Waals surface area (Å²) in [5.74, 6) is -1.12. The van der Waals surface area contributed by atoms with Crippen LogP contribution in [0.25, 0.3) is 0 Å². The zero-order valence-corrected chi connectivity index (χ0v) is 12.0. The molecule has 112 valence electrons. The van der Waals surface area contributed by atoms with Crippen molar-refractivity contribution in [3.8, 4) is 5.75 Å². The number of halogens is 1. The number of carbonyl (C=O) groups is 2. The molecule has 0 aromatic heterocycles. The minimum Gasteiger partial charge on any atom is -0.492 e. The van der Waals surface area contributed by atoms with E-state index in [4.69, 9.17) is 9.47 Å². The minimum absolute atomic E-state index is 0.0435. The molecule has 1 heterocycles. The molecule has 2 aliphatic rings. The van der Waals surface area contributed by atoms with E-state index < -0.39 is 5.82 Å². The molecule has 3 rings (SSSR count). The van der Waals surface area contributed by atoms with Gasteiger partial charge in [-0.05, 0) is 19.1 Å². The van der Waals surface area contributed by atoms with Gasteiger partial charge in [-0.3, -0.25) is 9.59 Å². The first-order chi connectivity index (χ1) is 10.1. The van der Waals surface area contributed by atoms with Crippen molar-refractivity contribution in [1.29, 1.82) is 0 Å². The number of ether oxygens (including phenoxy) is 2. The lowest BCUT2D eigenvalue weighted by Gasteiger charge is -2.19. The second-order valence-corrected chi connectivity index (χ2v) is 5.39. The predicted octanol–water partition coefficient (Wildman–Crippen LogP) is 2.70. The SMILES string of the molecule is CCOC(=O)C1[C@H]2COc3c(C(=O)CC)ccc(F)c3[C@@H]12. The van der Waals surface area contributed by atoms with Crippen molar-refractivity contribution in [1.82, 2.24) is 0 Å². The first-order valence-electron chi connectivity index (χ1n) is 7.25. The highest BCUT2D eigenvalue weighted by atomic mass is 19.1. The standard InChI is InChI=1S/C16H17FO4/c1-3-11(18)8-5-6-10(17)14-12-9(7-21-15(8)14)13(12)16(19)20-4-2/h5-6,9,12-13H,3-4,7H2,1-2H3/t9-,12+,13?/m0/s1. The highest BCUT2D eigenvalue weighted by Gasteiger charge is 2.61. The summed E-state index contributed by atoms with van der Waals surface area (Å²) >= 11 is 0. The number of hydrogen-bond donors (Lipinski definition) is 0. The van der Waals surface area contributed by atoms with Gasteiger partial charge in [0.2, 0.25) is 0 Å². The molecule has 0 amide bonds. The summed E-state index contributed by atoms with van der Waals surface area (Å²) in [5, 5.41) is 0. The molecular weight excluding hydrogens is 275 g/mol. The number of esters is 1. The van der Waals surface area contributed by atoms with E-state index >= 15 is 0 Å². The number of fused-ring (bicyclic) bond motifs is 3. The number of hydrogen-bond acceptors (Lipinski definition) is 4. The van der Waals surface area contributed by atoms with Crippen molar-refractivity contribution in [3.63, 3.8) is 0 Å². The Kier molecular flexibility index (Phi) is 3.43. The first-order valence-corrected chi connectivity index (χ1v) is 7.25. The number of carbonyl (C=O) groups excluding carboxylic acids is 2. The van der Waals surface area contributed by atoms with Gasteiger partial charge in [-0.25, -0.2) is 4.39 Å². The average Bonchev–Trinajstić information content (AvgIpc) is 3.21. The fourth-order valence-corrected chi connectivity index (χ4v) is 3.17. The van der Waals surface area contributed by atoms with Gasteiger partial charge < -0.3 is 9.47 Å². The molecule has 1 aromatic rings. The molecule has 4 nitrogen and oxygen atoms in total. The Balaban J connectivity index is 1.99. The highest BCUT2D eigenvalue weighted by Crippen LogP contribution is 2.60. The number of rotatable bonds is 4. The molecular formula is C16H17FO4. The summed E-state index contributed by atoms with van der Waals surface area (Å²) in [4.78, 5) is 23.8. The van der Waals surface area contributed by atoms with E-state index in [0.29, 0.717) is 36.5 Å². The molecule has 0 radical (unpaired) electrons. The molecule has 1 fully saturated rings. The Hall–Kier alpha value is -1.91. The molecule has 0 N–H and O–H groups in total. The summed E-state index contributed by atoms with van der Waals surface area (Å²) in [6.45, 7) is 4.13. The normalized spacial score (nSPS) is 25.4. The smallest absolute Gasteiger partial charge is 0.309 e. The van der Waals surface area contributed by atoms with Crippen molar-refractivity contribution in [2.24, 2.45) is 11.8 Å². The molecule has 1 aliphatic heterocycles. The molecule has 3 atom stereocenters. The van der Waals surface area contributed by atoms with Crippen LogP contribution in [-0.4, -0.2) is 25.0 Å². The minimum atomic E-state index is -0.417. The first kappa shape index (κ1) is 14.0. The van der Waals surface area contributed by atoms with Crippen LogP contribution in [0.15, 0.2) is 12.1 Å². The lowest BCUT2D eigenvalue weighted by molar-refractivity contribution is -0.145. The highest BCUT2D eigenvalue weighted by molar-refractivity contribution is 5.99. The van der Waals surface area contributed by atoms with Gasteiger partial charge in [-0.1, -0.05) is 6.92 Å². The topological polar surface area (TPSA) is 52.6 Å². The van der Waals surface area contributed by atoms with Gasteiger partial charge in [0.15, 0.2) is 5.78 Å². The summed E-state index contributed by atoms with van der Waals surface area (Å²) in [6.07, 6.45) is 0.330. The number of ketones is 1. The van der Waals surface area contributed by atoms with Crippen molar-refractivity contribution in [2.75, 3.05) is 13.2 Å². The molecule has 5 heteroatoms. The lowest BCUT2D eigenvalue weighted by Crippen LogP contribution is -2.14. The zero-order valence-electron chi connectivity index (χ0n) is 12.0. The van der Waals surface area contributed by atoms with Crippen LogP contribution in [0.1, 0.15) is 42.1 Å². The molecule has 1 saturated carbocycles. The molecule has 0 spiro atoms. The van der Waals surface area contributed by atoms with Crippen molar-refractivity contribution in [2.45, 2.75) is 26.2 Å². The Morgan fingerprint density at radius 1 is 1.38 bits per heavy atom. The molecule has 1 aliphatic carbocycles. The molecule has 0 saturated heterocycles. The third kappa shape index (κ3) is 2.11. The average molecular weight is 292 g/mol. The van der Waals surface area contributed by atoms with Crippen LogP contribution in [0.2, 0.25) is 0 Å². The molecule has 1 aromatic carbocycles. The maximum absolute atomic E-state index is 14.2. The summed E-state index contributed by atoms with van der Waals surface area (Å²) in [6, 6.07) is 2.75. The Morgan fingerprint density at radius 2 is 2.14 bits per heavy atom. The quantitative estimate of drug-likeness (QED) is 0.632. The van der Waals surface area contributed by atoms with Crippen LogP contribution in [0.5, 0.6) is 5.75 Å². The van der Waals surface area contributed by atoms with Crippen LogP contribution in [0.3, 0.4) is 0 Å². The zero-order chi connectivity index (χ0) is 15.1. The predicted molar refractivity (Wildman–Crippen MR) is 72.9 cm³/mol. The van der Waals surface area contributed by atoms with E-state index in [2.05, 4.69) is 0 Å². The monoisotopic (exact) mass is 292 g/mol. The van der Waals surface area contributed by atoms with Gasteiger partial charge >= 0.3 is 5.97 Å². The molecule has 21 heavy (non-hydrogen) atoms. The maximum atomic E-state index is 14.2. The van der Waals surface area contributed by atoms with Crippen LogP contribution in [0, 0.1) is 17.7 Å². The summed E-state index contributed by atoms with van der Waals surface area (Å²) < 4.78 is 24.8. The Morgan fingerprint density at radius 3 is 2.81 bits per heavy atom. The maximum Gasteiger partial charge on any atom is 0.309 e. The lowest BCUT2D eigenvalue weighted by atomic mass is 9.97. The molecule has 1 unspecified atom stereocenters. The van der Waals surface area contributed by atoms with Crippen molar-refractivity contribution in [3.05, 3.63) is 29.1 Å². The van der Waals surface area contributed by atoms with Crippen LogP contribution < -0.4 is 4.74 Å². The van der Waals surface area contributed by atoms with E-state index in [1.54, 1.807) is 13.8 Å². The van der Waals surface area contributed by atoms with E-state index in [-0.39, 0.29) is 29.5 Å². The van der Waals surface area contributed by atoms with E-state index in [9.17, 15) is 14.0 Å². The van der Waals surface area contributed by atoms with E-state index in [0.717, 1.165) is 0 Å². The van der Waals surface area contributed by atoms with Crippen LogP contribution >= 0.6 is 0 Å². The van der Waals surface area contributed by atoms with Crippen LogP contribution in [0.4, 0.5) is 4.39 Å². The Labute approximate surface area is 122 Å². The second-order valence-electron chi connectivity index (χ2n) is 5.39. The van der Waals surface area contributed by atoms with Gasteiger partial charge in [-0.15, -0.1) is 0 Å². The van der Waals surface area contributed by atoms with Gasteiger partial charge in [0.25, 0.3) is 0 Å². The van der Waals surface area contributed by atoms with Crippen molar-refractivity contribution < 1.29 is 23.5 Å². The number of Topliss-reactive ketones (excluding diaryl/α,β-unsaturated/α-hetero) is 1. The van der Waals surface area contributed by atoms with Crippen LogP contribution in [-0.2, 0) is 9.53 Å². The van der Waals surface area contributed by atoms with E-state index in [1.807, 2.05) is 0 Å². The fourth-order valence-electron chi connectivity index (χ4n) is 3.17. The Bertz CT molecular complexity index is 611. The summed E-state index contributed by atoms with van der Waals surface area (Å²) in [7, 11) is 0. The fraction of sp³-hybridized carbons (Fsp3) is 0.500. The molecule has 0 bridgehead atoms. The third-order valence-corrected chi connectivity index (χ3v) is 4.25. The van der Waals surface area contributed by atoms with Gasteiger partial charge in [0.05, 0.1) is 24.7 Å². The van der Waals surface area contributed by atoms with Crippen molar-refractivity contribution >= 4 is 11.8 Å². The van der Waals surface area contributed by atoms with Gasteiger partial charge in [-0.2, -0.15) is 0 Å². The second kappa shape index (κ2) is 5.13. The summed E-state index contributed by atoms with van der Waals surface area (Å²) in [5.41, 5.74) is 0.769. The third-order valence-electron chi connectivity index (χ3n) is 4.25.